The van der Waals surface area contributed by atoms with Gasteiger partial charge in [0.05, 0.1) is 11.8 Å². The largest absolute Gasteiger partial charge is 0.333 e. The van der Waals surface area contributed by atoms with Crippen molar-refractivity contribution in [1.82, 2.24) is 24.1 Å². The summed E-state index contributed by atoms with van der Waals surface area (Å²) in [6.07, 6.45) is 6.82. The highest BCUT2D eigenvalue weighted by molar-refractivity contribution is 5.71. The van der Waals surface area contributed by atoms with Gasteiger partial charge in [0.1, 0.15) is 5.82 Å². The zero-order valence-electron chi connectivity index (χ0n) is 10.5. The molecule has 0 aliphatic carbocycles. The molecule has 3 aromatic rings. The van der Waals surface area contributed by atoms with Crippen LogP contribution in [0.1, 0.15) is 5.82 Å². The predicted octanol–water partition coefficient (Wildman–Crippen LogP) is 0.997. The molecule has 96 valence electrons. The van der Waals surface area contributed by atoms with E-state index in [1.54, 1.807) is 35.4 Å². The Balaban J connectivity index is 1.92. The van der Waals surface area contributed by atoms with Gasteiger partial charge in [-0.05, 0) is 19.1 Å². The van der Waals surface area contributed by atoms with E-state index in [-0.39, 0.29) is 5.56 Å². The van der Waals surface area contributed by atoms with Crippen LogP contribution in [0, 0.1) is 6.92 Å². The lowest BCUT2D eigenvalue weighted by atomic mass is 10.3. The second kappa shape index (κ2) is 4.64. The van der Waals surface area contributed by atoms with Crippen molar-refractivity contribution >= 4 is 11.0 Å². The second-order valence-corrected chi connectivity index (χ2v) is 4.28. The highest BCUT2D eigenvalue weighted by atomic mass is 16.1. The van der Waals surface area contributed by atoms with E-state index in [2.05, 4.69) is 15.0 Å². The molecule has 0 saturated carbocycles. The van der Waals surface area contributed by atoms with Crippen molar-refractivity contribution in [2.45, 2.75) is 20.0 Å². The van der Waals surface area contributed by atoms with Crippen LogP contribution in [-0.2, 0) is 13.1 Å². The van der Waals surface area contributed by atoms with Crippen LogP contribution in [0.5, 0.6) is 0 Å². The molecule has 0 radical (unpaired) electrons. The van der Waals surface area contributed by atoms with Crippen LogP contribution in [0.2, 0.25) is 0 Å². The van der Waals surface area contributed by atoms with Crippen molar-refractivity contribution < 1.29 is 0 Å². The van der Waals surface area contributed by atoms with Gasteiger partial charge in [0.2, 0.25) is 0 Å². The summed E-state index contributed by atoms with van der Waals surface area (Å²) in [6, 6.07) is 3.56. The van der Waals surface area contributed by atoms with Gasteiger partial charge >= 0.3 is 0 Å². The van der Waals surface area contributed by atoms with Crippen LogP contribution in [-0.4, -0.2) is 24.1 Å². The molecular weight excluding hydrogens is 242 g/mol. The zero-order chi connectivity index (χ0) is 13.2. The van der Waals surface area contributed by atoms with Crippen molar-refractivity contribution in [3.05, 3.63) is 53.2 Å². The molecule has 3 rings (SSSR count). The first kappa shape index (κ1) is 11.6. The first-order valence-electron chi connectivity index (χ1n) is 6.03. The highest BCUT2D eigenvalue weighted by Gasteiger charge is 2.05. The molecular formula is C13H13N5O. The molecule has 0 spiro atoms. The Morgan fingerprint density at radius 3 is 2.74 bits per heavy atom. The molecule has 3 heterocycles. The van der Waals surface area contributed by atoms with E-state index < -0.39 is 0 Å². The van der Waals surface area contributed by atoms with E-state index in [9.17, 15) is 4.79 Å². The monoisotopic (exact) mass is 255 g/mol. The van der Waals surface area contributed by atoms with Crippen molar-refractivity contribution in [1.29, 1.82) is 0 Å². The van der Waals surface area contributed by atoms with E-state index in [1.807, 2.05) is 17.7 Å². The summed E-state index contributed by atoms with van der Waals surface area (Å²) in [5, 5.41) is 0. The maximum atomic E-state index is 12.2. The van der Waals surface area contributed by atoms with E-state index in [1.165, 1.54) is 0 Å². The van der Waals surface area contributed by atoms with Gasteiger partial charge in [-0.15, -0.1) is 0 Å². The molecule has 0 bridgehead atoms. The lowest BCUT2D eigenvalue weighted by Crippen LogP contribution is -2.23. The van der Waals surface area contributed by atoms with Gasteiger partial charge in [0, 0.05) is 31.7 Å². The number of hydrogen-bond acceptors (Lipinski definition) is 4. The number of aryl methyl sites for hydroxylation is 3. The Bertz CT molecular complexity index is 774. The molecule has 0 fully saturated rings. The molecule has 0 unspecified atom stereocenters. The fraction of sp³-hybridized carbons (Fsp3) is 0.231. The normalized spacial score (nSPS) is 11.0. The number of rotatable bonds is 3. The second-order valence-electron chi connectivity index (χ2n) is 4.28. The van der Waals surface area contributed by atoms with Gasteiger partial charge in [0.25, 0.3) is 5.56 Å². The Morgan fingerprint density at radius 1 is 1.11 bits per heavy atom. The average Bonchev–Trinajstić information content (AvgIpc) is 2.84. The molecule has 0 aromatic carbocycles. The lowest BCUT2D eigenvalue weighted by Gasteiger charge is -2.08. The molecule has 0 aliphatic rings. The van der Waals surface area contributed by atoms with E-state index in [0.717, 1.165) is 5.82 Å². The minimum atomic E-state index is -0.108. The third-order valence-electron chi connectivity index (χ3n) is 3.09. The van der Waals surface area contributed by atoms with Crippen LogP contribution in [0.4, 0.5) is 0 Å². The Hall–Kier alpha value is -2.50. The Morgan fingerprint density at radius 2 is 1.95 bits per heavy atom. The van der Waals surface area contributed by atoms with Gasteiger partial charge in [-0.1, -0.05) is 0 Å². The van der Waals surface area contributed by atoms with Gasteiger partial charge < -0.3 is 4.57 Å². The molecule has 6 nitrogen and oxygen atoms in total. The summed E-state index contributed by atoms with van der Waals surface area (Å²) >= 11 is 0. The van der Waals surface area contributed by atoms with E-state index in [0.29, 0.717) is 24.1 Å². The summed E-state index contributed by atoms with van der Waals surface area (Å²) in [7, 11) is 0. The quantitative estimate of drug-likeness (QED) is 0.700. The maximum Gasteiger partial charge on any atom is 0.279 e. The molecule has 0 aliphatic heterocycles. The smallest absolute Gasteiger partial charge is 0.279 e. The van der Waals surface area contributed by atoms with Gasteiger partial charge in [0.15, 0.2) is 5.52 Å². The van der Waals surface area contributed by atoms with Crippen molar-refractivity contribution in [2.24, 2.45) is 0 Å². The lowest BCUT2D eigenvalue weighted by molar-refractivity contribution is 0.552. The number of aromatic nitrogens is 5. The highest BCUT2D eigenvalue weighted by Crippen LogP contribution is 2.01. The van der Waals surface area contributed by atoms with Gasteiger partial charge in [-0.2, -0.15) is 0 Å². The fourth-order valence-corrected chi connectivity index (χ4v) is 2.00. The molecule has 0 saturated heterocycles. The predicted molar refractivity (Wildman–Crippen MR) is 70.8 cm³/mol. The Labute approximate surface area is 109 Å². The van der Waals surface area contributed by atoms with Crippen LogP contribution >= 0.6 is 0 Å². The molecule has 3 aromatic heterocycles. The average molecular weight is 255 g/mol. The van der Waals surface area contributed by atoms with E-state index in [4.69, 9.17) is 0 Å². The Kier molecular flexibility index (Phi) is 2.83. The number of pyridine rings is 1. The van der Waals surface area contributed by atoms with Crippen LogP contribution in [0.3, 0.4) is 0 Å². The van der Waals surface area contributed by atoms with Gasteiger partial charge in [-0.3, -0.25) is 9.36 Å². The molecule has 6 heteroatoms. The summed E-state index contributed by atoms with van der Waals surface area (Å²) in [4.78, 5) is 24.7. The third-order valence-corrected chi connectivity index (χ3v) is 3.09. The number of hydrogen-bond donors (Lipinski definition) is 0. The number of fused-ring (bicyclic) bond motifs is 1. The topological polar surface area (TPSA) is 65.6 Å². The summed E-state index contributed by atoms with van der Waals surface area (Å²) < 4.78 is 3.57. The molecule has 0 atom stereocenters. The number of nitrogens with zero attached hydrogens (tertiary/aromatic N) is 5. The first-order valence-corrected chi connectivity index (χ1v) is 6.03. The molecule has 0 N–H and O–H groups in total. The first-order chi connectivity index (χ1) is 9.25. The minimum absolute atomic E-state index is 0.108. The van der Waals surface area contributed by atoms with Crippen LogP contribution in [0.15, 0.2) is 41.8 Å². The van der Waals surface area contributed by atoms with Crippen LogP contribution in [0.25, 0.3) is 11.0 Å². The molecule has 19 heavy (non-hydrogen) atoms. The van der Waals surface area contributed by atoms with Gasteiger partial charge in [-0.25, -0.2) is 15.0 Å². The van der Waals surface area contributed by atoms with Crippen LogP contribution < -0.4 is 5.56 Å². The zero-order valence-corrected chi connectivity index (χ0v) is 10.5. The fourth-order valence-electron chi connectivity index (χ4n) is 2.00. The summed E-state index contributed by atoms with van der Waals surface area (Å²) in [5.41, 5.74) is 0.929. The minimum Gasteiger partial charge on any atom is -0.333 e. The standard InChI is InChI=1S/C13H13N5O/c1-10-14-5-6-17(10)7-8-18-9-16-11-3-2-4-15-12(11)13(18)19/h2-6,9H,7-8H2,1H3. The van der Waals surface area contributed by atoms with E-state index >= 15 is 0 Å². The SMILES string of the molecule is Cc1nccn1CCn1cnc2cccnc2c1=O. The summed E-state index contributed by atoms with van der Waals surface area (Å²) in [6.45, 7) is 3.17. The van der Waals surface area contributed by atoms with Crippen molar-refractivity contribution in [2.75, 3.05) is 0 Å². The summed E-state index contributed by atoms with van der Waals surface area (Å²) in [5.74, 6) is 0.930. The van der Waals surface area contributed by atoms with Crippen molar-refractivity contribution in [3.63, 3.8) is 0 Å². The third kappa shape index (κ3) is 2.12. The number of imidazole rings is 1. The maximum absolute atomic E-state index is 12.2. The van der Waals surface area contributed by atoms with Crippen molar-refractivity contribution in [3.8, 4) is 0 Å². The molecule has 0 amide bonds.